The van der Waals surface area contributed by atoms with E-state index in [1.165, 1.54) is 26.6 Å². The number of halogens is 1. The van der Waals surface area contributed by atoms with Crippen molar-refractivity contribution >= 4 is 26.8 Å². The molecule has 0 saturated heterocycles. The molecule has 0 bridgehead atoms. The van der Waals surface area contributed by atoms with Crippen LogP contribution in [0.5, 0.6) is 0 Å². The van der Waals surface area contributed by atoms with E-state index in [0.29, 0.717) is 0 Å². The van der Waals surface area contributed by atoms with Gasteiger partial charge in [-0.1, -0.05) is 12.1 Å². The lowest BCUT2D eigenvalue weighted by Gasteiger charge is -2.18. The van der Waals surface area contributed by atoms with E-state index in [1.54, 1.807) is 0 Å². The molecule has 0 atom stereocenters. The molecule has 2 aromatic rings. The van der Waals surface area contributed by atoms with E-state index in [-0.39, 0.29) is 0 Å². The zero-order chi connectivity index (χ0) is 10.4. The molecule has 1 aliphatic heterocycles. The van der Waals surface area contributed by atoms with Crippen molar-refractivity contribution in [3.8, 4) is 0 Å². The van der Waals surface area contributed by atoms with E-state index in [9.17, 15) is 0 Å². The maximum atomic E-state index is 3.64. The third-order valence-electron chi connectivity index (χ3n) is 3.23. The summed E-state index contributed by atoms with van der Waals surface area (Å²) in [6.07, 6.45) is 1.13. The molecule has 1 aromatic heterocycles. The Kier molecular flexibility index (Phi) is 2.11. The first-order valence-corrected chi connectivity index (χ1v) is 6.05. The van der Waals surface area contributed by atoms with Gasteiger partial charge in [0.05, 0.1) is 12.2 Å². The summed E-state index contributed by atoms with van der Waals surface area (Å²) in [5, 5.41) is 4.79. The molecule has 15 heavy (non-hydrogen) atoms. The van der Waals surface area contributed by atoms with E-state index in [4.69, 9.17) is 0 Å². The van der Waals surface area contributed by atoms with Crippen LogP contribution in [0.15, 0.2) is 22.7 Å². The van der Waals surface area contributed by atoms with Gasteiger partial charge >= 0.3 is 0 Å². The monoisotopic (exact) mass is 264 g/mol. The van der Waals surface area contributed by atoms with Crippen molar-refractivity contribution in [2.45, 2.75) is 20.0 Å². The summed E-state index contributed by atoms with van der Waals surface area (Å²) in [6.45, 7) is 4.25. The lowest BCUT2D eigenvalue weighted by molar-refractivity contribution is 0.504. The molecular formula is C12H13BrN2. The lowest BCUT2D eigenvalue weighted by atomic mass is 10.1. The second-order valence-electron chi connectivity index (χ2n) is 4.04. The first kappa shape index (κ1) is 9.43. The second-order valence-corrected chi connectivity index (χ2v) is 4.90. The van der Waals surface area contributed by atoms with Gasteiger partial charge in [0.15, 0.2) is 0 Å². The predicted octanol–water partition coefficient (Wildman–Crippen LogP) is 2.82. The Morgan fingerprint density at radius 1 is 1.40 bits per heavy atom. The Morgan fingerprint density at radius 2 is 2.27 bits per heavy atom. The average molecular weight is 265 g/mol. The molecule has 0 unspecified atom stereocenters. The van der Waals surface area contributed by atoms with E-state index < -0.39 is 0 Å². The Balaban J connectivity index is 2.44. The number of hydrogen-bond donors (Lipinski definition) is 1. The first-order chi connectivity index (χ1) is 7.29. The summed E-state index contributed by atoms with van der Waals surface area (Å²) in [5.74, 6) is 0. The van der Waals surface area contributed by atoms with Crippen LogP contribution in [0.4, 0.5) is 0 Å². The van der Waals surface area contributed by atoms with E-state index >= 15 is 0 Å². The largest absolute Gasteiger partial charge is 0.330 e. The lowest BCUT2D eigenvalue weighted by Crippen LogP contribution is -2.28. The molecule has 3 rings (SSSR count). The van der Waals surface area contributed by atoms with Crippen LogP contribution >= 0.6 is 15.9 Å². The molecule has 3 heteroatoms. The van der Waals surface area contributed by atoms with Crippen LogP contribution in [-0.4, -0.2) is 11.1 Å². The van der Waals surface area contributed by atoms with Crippen LogP contribution in [0.3, 0.4) is 0 Å². The molecule has 0 fully saturated rings. The number of aromatic nitrogens is 1. The highest BCUT2D eigenvalue weighted by molar-refractivity contribution is 9.10. The van der Waals surface area contributed by atoms with E-state index in [1.807, 2.05) is 0 Å². The minimum Gasteiger partial charge on any atom is -0.330 e. The van der Waals surface area contributed by atoms with Gasteiger partial charge in [-0.2, -0.15) is 0 Å². The Labute approximate surface area is 97.4 Å². The molecule has 78 valence electrons. The smallest absolute Gasteiger partial charge is 0.0729 e. The highest BCUT2D eigenvalue weighted by atomic mass is 79.9. The van der Waals surface area contributed by atoms with Crippen molar-refractivity contribution in [2.24, 2.45) is 0 Å². The zero-order valence-corrected chi connectivity index (χ0v) is 10.3. The highest BCUT2D eigenvalue weighted by Gasteiger charge is 2.17. The minimum atomic E-state index is 0.933. The number of benzene rings is 1. The number of fused-ring (bicyclic) bond motifs is 3. The summed E-state index contributed by atoms with van der Waals surface area (Å²) in [4.78, 5) is 0. The summed E-state index contributed by atoms with van der Waals surface area (Å²) in [6, 6.07) is 6.43. The fourth-order valence-electron chi connectivity index (χ4n) is 2.48. The molecule has 0 amide bonds. The van der Waals surface area contributed by atoms with E-state index in [0.717, 1.165) is 19.6 Å². The molecule has 2 heterocycles. The molecule has 1 aliphatic rings. The zero-order valence-electron chi connectivity index (χ0n) is 8.68. The fourth-order valence-corrected chi connectivity index (χ4v) is 3.06. The molecule has 1 N–H and O–H groups in total. The van der Waals surface area contributed by atoms with Crippen molar-refractivity contribution in [1.82, 2.24) is 9.88 Å². The van der Waals surface area contributed by atoms with Gasteiger partial charge in [-0.05, 0) is 34.5 Å². The predicted molar refractivity (Wildman–Crippen MR) is 66.1 cm³/mol. The number of nitrogens with zero attached hydrogens (tertiary/aromatic N) is 1. The molecule has 2 nitrogen and oxygen atoms in total. The molecular weight excluding hydrogens is 252 g/mol. The van der Waals surface area contributed by atoms with Gasteiger partial charge in [-0.25, -0.2) is 0 Å². The van der Waals surface area contributed by atoms with Crippen LogP contribution in [-0.2, 0) is 13.1 Å². The number of nitrogens with one attached hydrogen (secondary N) is 1. The number of rotatable bonds is 0. The van der Waals surface area contributed by atoms with Crippen LogP contribution in [0.25, 0.3) is 10.9 Å². The van der Waals surface area contributed by atoms with Crippen molar-refractivity contribution in [3.05, 3.63) is 33.9 Å². The third kappa shape index (κ3) is 1.26. The van der Waals surface area contributed by atoms with E-state index in [2.05, 4.69) is 50.9 Å². The summed E-state index contributed by atoms with van der Waals surface area (Å²) >= 11 is 3.64. The fraction of sp³-hybridized carbons (Fsp3) is 0.333. The normalized spacial score (nSPS) is 15.6. The van der Waals surface area contributed by atoms with Crippen LogP contribution < -0.4 is 5.32 Å². The van der Waals surface area contributed by atoms with Gasteiger partial charge in [0.1, 0.15) is 0 Å². The second kappa shape index (κ2) is 3.35. The van der Waals surface area contributed by atoms with Crippen LogP contribution in [0.1, 0.15) is 11.3 Å². The summed E-state index contributed by atoms with van der Waals surface area (Å²) in [5.41, 5.74) is 4.25. The Bertz CT molecular complexity index is 528. The summed E-state index contributed by atoms with van der Waals surface area (Å²) in [7, 11) is 0. The van der Waals surface area contributed by atoms with Gasteiger partial charge in [-0.3, -0.25) is 5.32 Å². The van der Waals surface area contributed by atoms with Gasteiger partial charge in [0.25, 0.3) is 0 Å². The quantitative estimate of drug-likeness (QED) is 0.775. The average Bonchev–Trinajstić information content (AvgIpc) is 2.55. The van der Waals surface area contributed by atoms with Crippen molar-refractivity contribution in [1.29, 1.82) is 0 Å². The third-order valence-corrected chi connectivity index (χ3v) is 3.87. The molecule has 0 saturated carbocycles. The van der Waals surface area contributed by atoms with Crippen LogP contribution in [0, 0.1) is 6.92 Å². The highest BCUT2D eigenvalue weighted by Crippen LogP contribution is 2.31. The number of hydrogen-bond acceptors (Lipinski definition) is 1. The number of para-hydroxylation sites is 1. The number of aryl methyl sites for hydroxylation is 1. The maximum Gasteiger partial charge on any atom is 0.0729 e. The van der Waals surface area contributed by atoms with Crippen LogP contribution in [0.2, 0.25) is 0 Å². The minimum absolute atomic E-state index is 0.933. The molecule has 0 aliphatic carbocycles. The van der Waals surface area contributed by atoms with Gasteiger partial charge < -0.3 is 4.57 Å². The van der Waals surface area contributed by atoms with Crippen molar-refractivity contribution < 1.29 is 0 Å². The van der Waals surface area contributed by atoms with Gasteiger partial charge in [0.2, 0.25) is 0 Å². The van der Waals surface area contributed by atoms with Gasteiger partial charge in [0, 0.05) is 28.5 Å². The first-order valence-electron chi connectivity index (χ1n) is 5.26. The standard InChI is InChI=1S/C12H13BrN2/c1-8-9-3-2-4-10(13)12(9)15-7-14-6-5-11(8)15/h2-4,14H,5-7H2,1H3. The van der Waals surface area contributed by atoms with Crippen molar-refractivity contribution in [2.75, 3.05) is 6.54 Å². The molecule has 0 spiro atoms. The van der Waals surface area contributed by atoms with Gasteiger partial charge in [-0.15, -0.1) is 0 Å². The topological polar surface area (TPSA) is 17.0 Å². The van der Waals surface area contributed by atoms with Crippen molar-refractivity contribution in [3.63, 3.8) is 0 Å². The molecule has 0 radical (unpaired) electrons. The Morgan fingerprint density at radius 3 is 3.13 bits per heavy atom. The molecule has 1 aromatic carbocycles. The summed E-state index contributed by atoms with van der Waals surface area (Å²) < 4.78 is 3.58. The maximum absolute atomic E-state index is 3.64. The SMILES string of the molecule is Cc1c2n(c3c(Br)cccc13)CNCC2. The Hall–Kier alpha value is -0.800.